The van der Waals surface area contributed by atoms with Crippen LogP contribution in [-0.4, -0.2) is 21.1 Å². The van der Waals surface area contributed by atoms with Crippen LogP contribution in [0.4, 0.5) is 13.2 Å². The molecule has 0 bridgehead atoms. The minimum Gasteiger partial charge on any atom is -0.413 e. The van der Waals surface area contributed by atoms with Crippen LogP contribution in [0, 0.1) is 0 Å². The Morgan fingerprint density at radius 2 is 1.60 bits per heavy atom. The van der Waals surface area contributed by atoms with Crippen LogP contribution < -0.4 is 0 Å². The van der Waals surface area contributed by atoms with E-state index in [9.17, 15) is 13.2 Å². The van der Waals surface area contributed by atoms with Crippen LogP contribution in [0.2, 0.25) is 18.1 Å². The van der Waals surface area contributed by atoms with Crippen molar-refractivity contribution in [1.82, 2.24) is 0 Å². The molecule has 0 saturated heterocycles. The van der Waals surface area contributed by atoms with Crippen molar-refractivity contribution in [1.29, 1.82) is 0 Å². The highest BCUT2D eigenvalue weighted by atomic mass is 28.4. The van der Waals surface area contributed by atoms with E-state index < -0.39 is 14.5 Å². The van der Waals surface area contributed by atoms with Crippen molar-refractivity contribution in [2.75, 3.05) is 6.61 Å². The molecule has 0 rings (SSSR count). The van der Waals surface area contributed by atoms with Gasteiger partial charge in [0.1, 0.15) is 0 Å². The second-order valence-electron chi connectivity index (χ2n) is 5.02. The Balaban J connectivity index is 4.13. The van der Waals surface area contributed by atoms with Crippen molar-refractivity contribution in [3.05, 3.63) is 12.2 Å². The van der Waals surface area contributed by atoms with Crippen molar-refractivity contribution in [3.8, 4) is 0 Å². The number of rotatable bonds is 3. The summed E-state index contributed by atoms with van der Waals surface area (Å²) in [4.78, 5) is 0. The van der Waals surface area contributed by atoms with Crippen LogP contribution in [0.1, 0.15) is 20.8 Å². The smallest absolute Gasteiger partial charge is 0.409 e. The lowest BCUT2D eigenvalue weighted by Crippen LogP contribution is -2.40. The van der Waals surface area contributed by atoms with Crippen LogP contribution in [-0.2, 0) is 4.43 Å². The van der Waals surface area contributed by atoms with Gasteiger partial charge < -0.3 is 4.43 Å². The topological polar surface area (TPSA) is 9.23 Å². The molecule has 90 valence electrons. The molecule has 1 nitrogen and oxygen atoms in total. The first-order valence-electron chi connectivity index (χ1n) is 4.84. The Kier molecular flexibility index (Phi) is 4.61. The molecular formula is C10H19F3OSi. The maximum absolute atomic E-state index is 11.8. The average Bonchev–Trinajstić information content (AvgIpc) is 1.94. The zero-order valence-electron chi connectivity index (χ0n) is 9.90. The van der Waals surface area contributed by atoms with Crippen molar-refractivity contribution in [2.45, 2.75) is 45.1 Å². The zero-order valence-corrected chi connectivity index (χ0v) is 10.9. The molecule has 0 N–H and O–H groups in total. The second-order valence-corrected chi connectivity index (χ2v) is 9.82. The Hall–Kier alpha value is -0.293. The third kappa shape index (κ3) is 5.99. The van der Waals surface area contributed by atoms with Gasteiger partial charge in [-0.2, -0.15) is 13.2 Å². The van der Waals surface area contributed by atoms with E-state index in [2.05, 4.69) is 0 Å². The molecule has 0 aromatic heterocycles. The molecule has 0 aromatic rings. The minimum atomic E-state index is -4.24. The average molecular weight is 240 g/mol. The summed E-state index contributed by atoms with van der Waals surface area (Å²) < 4.78 is 40.9. The predicted molar refractivity (Wildman–Crippen MR) is 58.3 cm³/mol. The molecule has 0 aromatic carbocycles. The molecule has 0 unspecified atom stereocenters. The summed E-state index contributed by atoms with van der Waals surface area (Å²) in [6.07, 6.45) is -2.99. The van der Waals surface area contributed by atoms with Crippen molar-refractivity contribution in [2.24, 2.45) is 0 Å². The molecule has 0 radical (unpaired) electrons. The predicted octanol–water partition coefficient (Wildman–Crippen LogP) is 4.13. The van der Waals surface area contributed by atoms with E-state index >= 15 is 0 Å². The highest BCUT2D eigenvalue weighted by molar-refractivity contribution is 6.74. The standard InChI is InChI=1S/C10H19F3OSi/c1-9(2,3)15(4,5)14-8-6-7-10(11,12)13/h6-7H,8H2,1-5H3/b7-6+. The van der Waals surface area contributed by atoms with Gasteiger partial charge in [-0.05, 0) is 18.1 Å². The lowest BCUT2D eigenvalue weighted by molar-refractivity contribution is -0.0801. The summed E-state index contributed by atoms with van der Waals surface area (Å²) >= 11 is 0. The summed E-state index contributed by atoms with van der Waals surface area (Å²) in [7, 11) is -1.92. The Labute approximate surface area is 90.4 Å². The van der Waals surface area contributed by atoms with E-state index in [1.54, 1.807) is 0 Å². The van der Waals surface area contributed by atoms with Crippen LogP contribution >= 0.6 is 0 Å². The van der Waals surface area contributed by atoms with E-state index in [0.29, 0.717) is 0 Å². The van der Waals surface area contributed by atoms with Gasteiger partial charge in [-0.15, -0.1) is 0 Å². The first-order valence-corrected chi connectivity index (χ1v) is 7.75. The SMILES string of the molecule is CC(C)(C)[Si](C)(C)OC/C=C/C(F)(F)F. The van der Waals surface area contributed by atoms with Gasteiger partial charge in [-0.25, -0.2) is 0 Å². The fourth-order valence-electron chi connectivity index (χ4n) is 0.655. The van der Waals surface area contributed by atoms with E-state index in [-0.39, 0.29) is 17.7 Å². The second kappa shape index (κ2) is 4.70. The van der Waals surface area contributed by atoms with Crippen LogP contribution in [0.25, 0.3) is 0 Å². The molecule has 0 aliphatic carbocycles. The van der Waals surface area contributed by atoms with Gasteiger partial charge >= 0.3 is 6.18 Å². The van der Waals surface area contributed by atoms with Crippen LogP contribution in [0.5, 0.6) is 0 Å². The van der Waals surface area contributed by atoms with Crippen molar-refractivity contribution < 1.29 is 17.6 Å². The highest BCUT2D eigenvalue weighted by Gasteiger charge is 2.36. The molecular weight excluding hydrogens is 221 g/mol. The first kappa shape index (κ1) is 14.7. The van der Waals surface area contributed by atoms with Gasteiger partial charge in [0.15, 0.2) is 8.32 Å². The first-order chi connectivity index (χ1) is 6.46. The Bertz CT molecular complexity index is 226. The van der Waals surface area contributed by atoms with Gasteiger partial charge in [0, 0.05) is 6.08 Å². The number of hydrogen-bond donors (Lipinski definition) is 0. The number of halogens is 3. The van der Waals surface area contributed by atoms with E-state index in [1.807, 2.05) is 33.9 Å². The quantitative estimate of drug-likeness (QED) is 0.532. The van der Waals surface area contributed by atoms with Crippen LogP contribution in [0.15, 0.2) is 12.2 Å². The van der Waals surface area contributed by atoms with Gasteiger partial charge in [-0.1, -0.05) is 26.8 Å². The third-order valence-corrected chi connectivity index (χ3v) is 7.15. The molecule has 0 saturated carbocycles. The monoisotopic (exact) mass is 240 g/mol. The van der Waals surface area contributed by atoms with Gasteiger partial charge in [0.2, 0.25) is 0 Å². The molecule has 5 heteroatoms. The van der Waals surface area contributed by atoms with Gasteiger partial charge in [0.05, 0.1) is 6.61 Å². The molecule has 0 atom stereocenters. The molecule has 0 spiro atoms. The fraction of sp³-hybridized carbons (Fsp3) is 0.800. The lowest BCUT2D eigenvalue weighted by Gasteiger charge is -2.35. The Morgan fingerprint density at radius 1 is 1.13 bits per heavy atom. The molecule has 0 heterocycles. The number of alkyl halides is 3. The highest BCUT2D eigenvalue weighted by Crippen LogP contribution is 2.36. The summed E-state index contributed by atoms with van der Waals surface area (Å²) in [6, 6.07) is 0. The molecule has 0 amide bonds. The number of hydrogen-bond acceptors (Lipinski definition) is 1. The molecule has 0 aliphatic rings. The zero-order chi connectivity index (χ0) is 12.3. The van der Waals surface area contributed by atoms with Crippen molar-refractivity contribution >= 4 is 8.32 Å². The minimum absolute atomic E-state index is 0.0269. The van der Waals surface area contributed by atoms with E-state index in [1.165, 1.54) is 0 Å². The molecule has 0 fully saturated rings. The summed E-state index contributed by atoms with van der Waals surface area (Å²) in [6.45, 7) is 10.2. The maximum Gasteiger partial charge on any atom is 0.409 e. The van der Waals surface area contributed by atoms with Gasteiger partial charge in [-0.3, -0.25) is 0 Å². The van der Waals surface area contributed by atoms with Crippen molar-refractivity contribution in [3.63, 3.8) is 0 Å². The molecule has 15 heavy (non-hydrogen) atoms. The van der Waals surface area contributed by atoms with E-state index in [4.69, 9.17) is 4.43 Å². The fourth-order valence-corrected chi connectivity index (χ4v) is 1.60. The summed E-state index contributed by atoms with van der Waals surface area (Å²) in [5.74, 6) is 0. The van der Waals surface area contributed by atoms with Gasteiger partial charge in [0.25, 0.3) is 0 Å². The normalized spacial score (nSPS) is 14.9. The Morgan fingerprint density at radius 3 is 1.93 bits per heavy atom. The maximum atomic E-state index is 11.8. The summed E-state index contributed by atoms with van der Waals surface area (Å²) in [5, 5.41) is 0.0269. The van der Waals surface area contributed by atoms with Crippen LogP contribution in [0.3, 0.4) is 0 Å². The van der Waals surface area contributed by atoms with E-state index in [0.717, 1.165) is 6.08 Å². The lowest BCUT2D eigenvalue weighted by atomic mass is 10.2. The third-order valence-electron chi connectivity index (χ3n) is 2.65. The number of allylic oxidation sites excluding steroid dienone is 1. The largest absolute Gasteiger partial charge is 0.413 e. The summed E-state index contributed by atoms with van der Waals surface area (Å²) in [5.41, 5.74) is 0. The molecule has 0 aliphatic heterocycles.